The van der Waals surface area contributed by atoms with E-state index < -0.39 is 17.9 Å². The Morgan fingerprint density at radius 1 is 1.44 bits per heavy atom. The van der Waals surface area contributed by atoms with Crippen molar-refractivity contribution in [3.8, 4) is 5.75 Å². The maximum atomic E-state index is 13.6. The Hall–Kier alpha value is -1.62. The van der Waals surface area contributed by atoms with Gasteiger partial charge >= 0.3 is 5.97 Å². The molecule has 1 aromatic carbocycles. The third kappa shape index (κ3) is 2.14. The number of hydrogen-bond donors (Lipinski definition) is 1. The molecule has 0 bridgehead atoms. The predicted molar refractivity (Wildman–Crippen MR) is 54.7 cm³/mol. The number of hydrogen-bond acceptors (Lipinski definition) is 4. The van der Waals surface area contributed by atoms with Crippen molar-refractivity contribution in [3.63, 3.8) is 0 Å². The molecule has 88 valence electrons. The summed E-state index contributed by atoms with van der Waals surface area (Å²) in [6.07, 6.45) is -1.55. The third-order valence-corrected chi connectivity index (χ3v) is 2.24. The predicted octanol–water partition coefficient (Wildman–Crippen LogP) is 1.35. The molecule has 0 amide bonds. The van der Waals surface area contributed by atoms with Crippen LogP contribution in [-0.2, 0) is 9.53 Å². The van der Waals surface area contributed by atoms with Crippen molar-refractivity contribution in [2.45, 2.75) is 13.0 Å². The molecule has 1 rings (SSSR count). The number of carbonyl (C=O) groups excluding carboxylic acids is 1. The highest BCUT2D eigenvalue weighted by Crippen LogP contribution is 2.30. The first kappa shape index (κ1) is 12.4. The lowest BCUT2D eigenvalue weighted by atomic mass is 10.1. The molecule has 0 aliphatic rings. The minimum atomic E-state index is -1.55. The second-order valence-corrected chi connectivity index (χ2v) is 3.24. The lowest BCUT2D eigenvalue weighted by molar-refractivity contribution is -0.150. The first-order chi connectivity index (χ1) is 7.52. The van der Waals surface area contributed by atoms with Gasteiger partial charge in [0.25, 0.3) is 0 Å². The Morgan fingerprint density at radius 3 is 2.56 bits per heavy atom. The Kier molecular flexibility index (Phi) is 3.84. The largest absolute Gasteiger partial charge is 0.493 e. The van der Waals surface area contributed by atoms with Crippen molar-refractivity contribution in [3.05, 3.63) is 29.1 Å². The Morgan fingerprint density at radius 2 is 2.06 bits per heavy atom. The van der Waals surface area contributed by atoms with E-state index in [1.807, 2.05) is 0 Å². The molecule has 0 saturated heterocycles. The molecule has 0 aromatic heterocycles. The van der Waals surface area contributed by atoms with Crippen LogP contribution >= 0.6 is 0 Å². The van der Waals surface area contributed by atoms with Crippen molar-refractivity contribution < 1.29 is 23.8 Å². The van der Waals surface area contributed by atoms with Gasteiger partial charge in [0.2, 0.25) is 0 Å². The average Bonchev–Trinajstić information content (AvgIpc) is 2.30. The Bertz CT molecular complexity index is 403. The summed E-state index contributed by atoms with van der Waals surface area (Å²) in [6.45, 7) is 1.56. The number of benzene rings is 1. The van der Waals surface area contributed by atoms with E-state index in [9.17, 15) is 14.3 Å². The van der Waals surface area contributed by atoms with Gasteiger partial charge in [-0.1, -0.05) is 12.1 Å². The van der Waals surface area contributed by atoms with Crippen LogP contribution in [0.2, 0.25) is 0 Å². The van der Waals surface area contributed by atoms with Crippen molar-refractivity contribution in [2.75, 3.05) is 14.2 Å². The number of aliphatic hydroxyl groups excluding tert-OH is 1. The first-order valence-corrected chi connectivity index (χ1v) is 4.61. The number of aliphatic hydroxyl groups is 1. The molecule has 1 atom stereocenters. The zero-order valence-corrected chi connectivity index (χ0v) is 9.28. The van der Waals surface area contributed by atoms with Gasteiger partial charge in [0.1, 0.15) is 0 Å². The number of rotatable bonds is 3. The SMILES string of the molecule is COC(=O)C(O)c1ccc(C)c(F)c1OC. The van der Waals surface area contributed by atoms with E-state index in [-0.39, 0.29) is 11.3 Å². The van der Waals surface area contributed by atoms with Crippen LogP contribution in [-0.4, -0.2) is 25.3 Å². The smallest absolute Gasteiger partial charge is 0.339 e. The normalized spacial score (nSPS) is 12.1. The molecule has 0 radical (unpaired) electrons. The van der Waals surface area contributed by atoms with Crippen molar-refractivity contribution in [1.29, 1.82) is 0 Å². The highest BCUT2D eigenvalue weighted by Gasteiger charge is 2.24. The number of esters is 1. The molecule has 0 heterocycles. The van der Waals surface area contributed by atoms with E-state index in [1.165, 1.54) is 19.2 Å². The molecule has 1 N–H and O–H groups in total. The highest BCUT2D eigenvalue weighted by molar-refractivity contribution is 5.77. The summed E-state index contributed by atoms with van der Waals surface area (Å²) in [5, 5.41) is 9.60. The molecular formula is C11H13FO4. The lowest BCUT2D eigenvalue weighted by Crippen LogP contribution is -2.15. The summed E-state index contributed by atoms with van der Waals surface area (Å²) in [5.41, 5.74) is 0.426. The Balaban J connectivity index is 3.23. The topological polar surface area (TPSA) is 55.8 Å². The zero-order valence-electron chi connectivity index (χ0n) is 9.28. The van der Waals surface area contributed by atoms with E-state index in [4.69, 9.17) is 4.74 Å². The maximum absolute atomic E-state index is 13.6. The van der Waals surface area contributed by atoms with Gasteiger partial charge in [-0.15, -0.1) is 0 Å². The van der Waals surface area contributed by atoms with Crippen LogP contribution in [0.4, 0.5) is 4.39 Å². The van der Waals surface area contributed by atoms with Gasteiger partial charge in [-0.05, 0) is 12.5 Å². The van der Waals surface area contributed by atoms with Gasteiger partial charge in [-0.25, -0.2) is 9.18 Å². The number of methoxy groups -OCH3 is 2. The molecule has 0 fully saturated rings. The van der Waals surface area contributed by atoms with E-state index in [0.717, 1.165) is 7.11 Å². The molecular weight excluding hydrogens is 215 g/mol. The monoisotopic (exact) mass is 228 g/mol. The summed E-state index contributed by atoms with van der Waals surface area (Å²) in [6, 6.07) is 2.89. The number of carbonyl (C=O) groups is 1. The van der Waals surface area contributed by atoms with Gasteiger partial charge in [0.15, 0.2) is 17.7 Å². The number of ether oxygens (including phenoxy) is 2. The minimum Gasteiger partial charge on any atom is -0.493 e. The van der Waals surface area contributed by atoms with Crippen LogP contribution < -0.4 is 4.74 Å². The van der Waals surface area contributed by atoms with Crippen LogP contribution in [0.1, 0.15) is 17.2 Å². The molecule has 16 heavy (non-hydrogen) atoms. The molecule has 0 saturated carbocycles. The number of halogens is 1. The summed E-state index contributed by atoms with van der Waals surface area (Å²) in [5.74, 6) is -1.59. The van der Waals surface area contributed by atoms with Crippen LogP contribution in [0.15, 0.2) is 12.1 Å². The van der Waals surface area contributed by atoms with E-state index in [1.54, 1.807) is 6.92 Å². The highest BCUT2D eigenvalue weighted by atomic mass is 19.1. The van der Waals surface area contributed by atoms with Gasteiger partial charge in [-0.2, -0.15) is 0 Å². The molecule has 5 heteroatoms. The fraction of sp³-hybridized carbons (Fsp3) is 0.364. The van der Waals surface area contributed by atoms with E-state index in [2.05, 4.69) is 4.74 Å². The fourth-order valence-corrected chi connectivity index (χ4v) is 1.33. The van der Waals surface area contributed by atoms with Crippen LogP contribution in [0.3, 0.4) is 0 Å². The van der Waals surface area contributed by atoms with Crippen molar-refractivity contribution in [1.82, 2.24) is 0 Å². The first-order valence-electron chi connectivity index (χ1n) is 4.61. The Labute approximate surface area is 92.6 Å². The zero-order chi connectivity index (χ0) is 12.3. The van der Waals surface area contributed by atoms with Gasteiger partial charge in [0, 0.05) is 5.56 Å². The van der Waals surface area contributed by atoms with Gasteiger partial charge in [0.05, 0.1) is 14.2 Å². The molecule has 0 aliphatic carbocycles. The molecule has 1 unspecified atom stereocenters. The van der Waals surface area contributed by atoms with Gasteiger partial charge < -0.3 is 14.6 Å². The fourth-order valence-electron chi connectivity index (χ4n) is 1.33. The molecule has 4 nitrogen and oxygen atoms in total. The lowest BCUT2D eigenvalue weighted by Gasteiger charge is -2.14. The summed E-state index contributed by atoms with van der Waals surface area (Å²) in [4.78, 5) is 11.1. The molecule has 1 aromatic rings. The van der Waals surface area contributed by atoms with Crippen molar-refractivity contribution >= 4 is 5.97 Å². The summed E-state index contributed by atoms with van der Waals surface area (Å²) < 4.78 is 22.8. The van der Waals surface area contributed by atoms with E-state index in [0.29, 0.717) is 5.56 Å². The minimum absolute atomic E-state index is 0.0532. The second-order valence-electron chi connectivity index (χ2n) is 3.24. The van der Waals surface area contributed by atoms with Crippen LogP contribution in [0, 0.1) is 12.7 Å². The standard InChI is InChI=1S/C11H13FO4/c1-6-4-5-7(9(13)11(14)16-3)10(15-2)8(6)12/h4-5,9,13H,1-3H3. The third-order valence-electron chi connectivity index (χ3n) is 2.24. The molecule has 0 spiro atoms. The van der Waals surface area contributed by atoms with Crippen LogP contribution in [0.5, 0.6) is 5.75 Å². The van der Waals surface area contributed by atoms with Crippen LogP contribution in [0.25, 0.3) is 0 Å². The average molecular weight is 228 g/mol. The van der Waals surface area contributed by atoms with Gasteiger partial charge in [-0.3, -0.25) is 0 Å². The quantitative estimate of drug-likeness (QED) is 0.793. The maximum Gasteiger partial charge on any atom is 0.339 e. The number of aryl methyl sites for hydroxylation is 1. The van der Waals surface area contributed by atoms with E-state index >= 15 is 0 Å². The second kappa shape index (κ2) is 4.94. The summed E-state index contributed by atoms with van der Waals surface area (Å²) >= 11 is 0. The molecule has 0 aliphatic heterocycles. The summed E-state index contributed by atoms with van der Waals surface area (Å²) in [7, 11) is 2.41. The van der Waals surface area contributed by atoms with Crippen molar-refractivity contribution in [2.24, 2.45) is 0 Å².